The number of anilines is 1. The van der Waals surface area contributed by atoms with E-state index in [1.807, 2.05) is 13.8 Å². The van der Waals surface area contributed by atoms with Gasteiger partial charge in [0.15, 0.2) is 0 Å². The molecule has 2 aromatic rings. The van der Waals surface area contributed by atoms with E-state index in [-0.39, 0.29) is 22.2 Å². The van der Waals surface area contributed by atoms with Gasteiger partial charge in [0.2, 0.25) is 5.13 Å². The molecule has 0 unspecified atom stereocenters. The molecule has 1 amide bonds. The van der Waals surface area contributed by atoms with Crippen molar-refractivity contribution in [2.45, 2.75) is 19.8 Å². The van der Waals surface area contributed by atoms with Crippen molar-refractivity contribution in [1.29, 1.82) is 0 Å². The summed E-state index contributed by atoms with van der Waals surface area (Å²) in [5.74, 6) is -0.286. The zero-order valence-electron chi connectivity index (χ0n) is 11.2. The summed E-state index contributed by atoms with van der Waals surface area (Å²) in [5.41, 5.74) is -0.183. The van der Waals surface area contributed by atoms with Gasteiger partial charge in [0.25, 0.3) is 11.6 Å². The molecular weight excluding hydrogens is 316 g/mol. The lowest BCUT2D eigenvalue weighted by Crippen LogP contribution is -2.12. The lowest BCUT2D eigenvalue weighted by molar-refractivity contribution is -0.384. The Bertz CT molecular complexity index is 702. The maximum Gasteiger partial charge on any atom is 0.288 e. The number of nitro groups is 1. The van der Waals surface area contributed by atoms with Crippen molar-refractivity contribution in [2.24, 2.45) is 0 Å². The largest absolute Gasteiger partial charge is 0.296 e. The molecule has 0 aliphatic rings. The van der Waals surface area contributed by atoms with E-state index in [0.717, 1.165) is 11.1 Å². The van der Waals surface area contributed by atoms with Gasteiger partial charge in [-0.05, 0) is 12.1 Å². The second-order valence-electron chi connectivity index (χ2n) is 4.48. The molecule has 2 rings (SSSR count). The Kier molecular flexibility index (Phi) is 4.49. The first-order valence-electron chi connectivity index (χ1n) is 5.97. The van der Waals surface area contributed by atoms with Crippen LogP contribution in [0.15, 0.2) is 18.2 Å². The quantitative estimate of drug-likeness (QED) is 0.685. The number of hydrogen-bond donors (Lipinski definition) is 1. The molecule has 0 aliphatic carbocycles. The number of halogens is 1. The lowest BCUT2D eigenvalue weighted by Gasteiger charge is -2.02. The fourth-order valence-corrected chi connectivity index (χ4v) is 2.41. The van der Waals surface area contributed by atoms with E-state index < -0.39 is 10.8 Å². The Morgan fingerprint density at radius 3 is 2.71 bits per heavy atom. The number of rotatable bonds is 4. The first-order valence-corrected chi connectivity index (χ1v) is 7.16. The van der Waals surface area contributed by atoms with E-state index in [0.29, 0.717) is 5.13 Å². The van der Waals surface area contributed by atoms with Gasteiger partial charge in [-0.15, -0.1) is 10.2 Å². The minimum atomic E-state index is -0.638. The first kappa shape index (κ1) is 15.3. The summed E-state index contributed by atoms with van der Waals surface area (Å²) in [6, 6.07) is 3.85. The number of nitro benzene ring substituents is 1. The minimum Gasteiger partial charge on any atom is -0.296 e. The SMILES string of the molecule is CC(C)c1nnc(NC(=O)c2ccc(Cl)c([N+](=O)[O-])c2)s1. The molecular formula is C12H11ClN4O3S. The molecule has 9 heteroatoms. The van der Waals surface area contributed by atoms with Gasteiger partial charge in [-0.25, -0.2) is 0 Å². The topological polar surface area (TPSA) is 98.0 Å². The zero-order valence-corrected chi connectivity index (χ0v) is 12.7. The first-order chi connectivity index (χ1) is 9.88. The third kappa shape index (κ3) is 3.53. The molecule has 1 aromatic heterocycles. The molecule has 0 aliphatic heterocycles. The van der Waals surface area contributed by atoms with Gasteiger partial charge in [-0.3, -0.25) is 20.2 Å². The Morgan fingerprint density at radius 2 is 2.14 bits per heavy atom. The van der Waals surface area contributed by atoms with Gasteiger partial charge < -0.3 is 0 Å². The normalized spacial score (nSPS) is 10.7. The van der Waals surface area contributed by atoms with Crippen LogP contribution in [0.3, 0.4) is 0 Å². The van der Waals surface area contributed by atoms with E-state index in [1.165, 1.54) is 23.5 Å². The van der Waals surface area contributed by atoms with Crippen LogP contribution in [-0.2, 0) is 0 Å². The van der Waals surface area contributed by atoms with Crippen LogP contribution >= 0.6 is 22.9 Å². The summed E-state index contributed by atoms with van der Waals surface area (Å²) in [4.78, 5) is 22.2. The van der Waals surface area contributed by atoms with Gasteiger partial charge in [-0.1, -0.05) is 36.8 Å². The van der Waals surface area contributed by atoms with Crippen molar-refractivity contribution in [1.82, 2.24) is 10.2 Å². The van der Waals surface area contributed by atoms with Crippen LogP contribution < -0.4 is 5.32 Å². The number of amides is 1. The van der Waals surface area contributed by atoms with E-state index >= 15 is 0 Å². The molecule has 0 radical (unpaired) electrons. The minimum absolute atomic E-state index is 0.0189. The molecule has 0 saturated carbocycles. The second-order valence-corrected chi connectivity index (χ2v) is 5.89. The predicted molar refractivity (Wildman–Crippen MR) is 80.1 cm³/mol. The smallest absolute Gasteiger partial charge is 0.288 e. The summed E-state index contributed by atoms with van der Waals surface area (Å²) < 4.78 is 0. The zero-order chi connectivity index (χ0) is 15.6. The maximum atomic E-state index is 12.0. The van der Waals surface area contributed by atoms with Crippen molar-refractivity contribution >= 4 is 39.7 Å². The van der Waals surface area contributed by atoms with Crippen molar-refractivity contribution in [3.05, 3.63) is 43.9 Å². The third-order valence-electron chi connectivity index (χ3n) is 2.56. The van der Waals surface area contributed by atoms with Gasteiger partial charge in [0.1, 0.15) is 10.0 Å². The molecule has 1 aromatic carbocycles. The van der Waals surface area contributed by atoms with Crippen LogP contribution in [0.25, 0.3) is 0 Å². The van der Waals surface area contributed by atoms with Crippen LogP contribution in [0, 0.1) is 10.1 Å². The Labute approximate surface area is 129 Å². The van der Waals surface area contributed by atoms with Crippen LogP contribution in [0.5, 0.6) is 0 Å². The number of carbonyl (C=O) groups excluding carboxylic acids is 1. The average Bonchev–Trinajstić information content (AvgIpc) is 2.87. The molecule has 7 nitrogen and oxygen atoms in total. The monoisotopic (exact) mass is 326 g/mol. The van der Waals surface area contributed by atoms with Crippen LogP contribution in [0.1, 0.15) is 35.1 Å². The van der Waals surface area contributed by atoms with Crippen molar-refractivity contribution < 1.29 is 9.72 Å². The van der Waals surface area contributed by atoms with Gasteiger partial charge >= 0.3 is 0 Å². The van der Waals surface area contributed by atoms with E-state index in [2.05, 4.69) is 15.5 Å². The Morgan fingerprint density at radius 1 is 1.43 bits per heavy atom. The highest BCUT2D eigenvalue weighted by Gasteiger charge is 2.17. The fraction of sp³-hybridized carbons (Fsp3) is 0.250. The fourth-order valence-electron chi connectivity index (χ4n) is 1.48. The van der Waals surface area contributed by atoms with E-state index in [9.17, 15) is 14.9 Å². The molecule has 0 fully saturated rings. The number of benzene rings is 1. The summed E-state index contributed by atoms with van der Waals surface area (Å²) >= 11 is 6.96. The van der Waals surface area contributed by atoms with Crippen molar-refractivity contribution in [2.75, 3.05) is 5.32 Å². The van der Waals surface area contributed by atoms with Crippen LogP contribution in [-0.4, -0.2) is 21.0 Å². The summed E-state index contributed by atoms with van der Waals surface area (Å²) in [6.07, 6.45) is 0. The average molecular weight is 327 g/mol. The highest BCUT2D eigenvalue weighted by molar-refractivity contribution is 7.15. The maximum absolute atomic E-state index is 12.0. The number of hydrogen-bond acceptors (Lipinski definition) is 6. The molecule has 1 N–H and O–H groups in total. The van der Waals surface area contributed by atoms with Crippen molar-refractivity contribution in [3.8, 4) is 0 Å². The number of nitrogens with one attached hydrogen (secondary N) is 1. The molecule has 0 saturated heterocycles. The molecule has 0 atom stereocenters. The van der Waals surface area contributed by atoms with Gasteiger partial charge in [0, 0.05) is 17.5 Å². The summed E-state index contributed by atoms with van der Waals surface area (Å²) in [6.45, 7) is 3.93. The summed E-state index contributed by atoms with van der Waals surface area (Å²) in [7, 11) is 0. The standard InChI is InChI=1S/C12H11ClN4O3S/c1-6(2)11-15-16-12(21-11)14-10(18)7-3-4-8(13)9(5-7)17(19)20/h3-6H,1-2H3,(H,14,16,18). The van der Waals surface area contributed by atoms with Crippen LogP contribution in [0.2, 0.25) is 5.02 Å². The van der Waals surface area contributed by atoms with E-state index in [4.69, 9.17) is 11.6 Å². The third-order valence-corrected chi connectivity index (χ3v) is 4.02. The molecule has 0 bridgehead atoms. The lowest BCUT2D eigenvalue weighted by atomic mass is 10.2. The van der Waals surface area contributed by atoms with E-state index in [1.54, 1.807) is 0 Å². The second kappa shape index (κ2) is 6.15. The van der Waals surface area contributed by atoms with Crippen molar-refractivity contribution in [3.63, 3.8) is 0 Å². The number of nitrogens with zero attached hydrogens (tertiary/aromatic N) is 3. The van der Waals surface area contributed by atoms with Crippen LogP contribution in [0.4, 0.5) is 10.8 Å². The number of carbonyl (C=O) groups is 1. The van der Waals surface area contributed by atoms with Gasteiger partial charge in [-0.2, -0.15) is 0 Å². The Hall–Kier alpha value is -2.06. The van der Waals surface area contributed by atoms with Gasteiger partial charge in [0.05, 0.1) is 4.92 Å². The molecule has 21 heavy (non-hydrogen) atoms. The summed E-state index contributed by atoms with van der Waals surface area (Å²) in [5, 5.41) is 22.3. The molecule has 0 spiro atoms. The number of aromatic nitrogens is 2. The molecule has 1 heterocycles. The highest BCUT2D eigenvalue weighted by Crippen LogP contribution is 2.26. The Balaban J connectivity index is 2.20. The molecule has 110 valence electrons. The predicted octanol–water partition coefficient (Wildman–Crippen LogP) is 3.48. The highest BCUT2D eigenvalue weighted by atomic mass is 35.5.